The molecular weight excluding hydrogens is 503 g/mol. The van der Waals surface area contributed by atoms with Gasteiger partial charge in [0.1, 0.15) is 17.5 Å². The first-order valence-electron chi connectivity index (χ1n) is 11.3. The van der Waals surface area contributed by atoms with Crippen LogP contribution in [0.15, 0.2) is 40.4 Å². The molecule has 0 bridgehead atoms. The molecule has 35 heavy (non-hydrogen) atoms. The molecule has 2 fully saturated rings. The summed E-state index contributed by atoms with van der Waals surface area (Å²) in [7, 11) is -3.71. The lowest BCUT2D eigenvalue weighted by Gasteiger charge is -2.26. The Balaban J connectivity index is 1.49. The fourth-order valence-electron chi connectivity index (χ4n) is 4.31. The number of morpholine rings is 1. The third-order valence-corrected chi connectivity index (χ3v) is 9.05. The van der Waals surface area contributed by atoms with E-state index in [9.17, 15) is 21.6 Å². The summed E-state index contributed by atoms with van der Waals surface area (Å²) in [4.78, 5) is 4.74. The Labute approximate surface area is 205 Å². The lowest BCUT2D eigenvalue weighted by molar-refractivity contribution is 0.0730. The average Bonchev–Trinajstić information content (AvgIpc) is 3.47. The van der Waals surface area contributed by atoms with Crippen LogP contribution in [0.3, 0.4) is 0 Å². The Bertz CT molecular complexity index is 1310. The van der Waals surface area contributed by atoms with E-state index in [1.165, 1.54) is 10.4 Å². The van der Waals surface area contributed by atoms with Gasteiger partial charge >= 0.3 is 0 Å². The van der Waals surface area contributed by atoms with Gasteiger partial charge in [-0.2, -0.15) is 4.31 Å². The molecule has 1 unspecified atom stereocenters. The molecule has 188 valence electrons. The van der Waals surface area contributed by atoms with Crippen LogP contribution in [0.2, 0.25) is 0 Å². The van der Waals surface area contributed by atoms with E-state index in [1.54, 1.807) is 12.1 Å². The Morgan fingerprint density at radius 1 is 1.06 bits per heavy atom. The van der Waals surface area contributed by atoms with Crippen LogP contribution in [0, 0.1) is 17.5 Å². The molecule has 0 radical (unpaired) electrons. The van der Waals surface area contributed by atoms with Crippen LogP contribution in [-0.2, 0) is 31.8 Å². The summed E-state index contributed by atoms with van der Waals surface area (Å²) in [6, 6.07) is 6.08. The lowest BCUT2D eigenvalue weighted by atomic mass is 10.2. The molecule has 0 N–H and O–H groups in total. The van der Waals surface area contributed by atoms with Gasteiger partial charge < -0.3 is 14.0 Å². The zero-order valence-corrected chi connectivity index (χ0v) is 20.4. The largest absolute Gasteiger partial charge is 0.379 e. The van der Waals surface area contributed by atoms with E-state index < -0.39 is 27.5 Å². The summed E-state index contributed by atoms with van der Waals surface area (Å²) >= 11 is 1.10. The van der Waals surface area contributed by atoms with Crippen molar-refractivity contribution in [2.45, 2.75) is 41.3 Å². The minimum absolute atomic E-state index is 0.0391. The monoisotopic (exact) mass is 527 g/mol. The number of nitrogens with zero attached hydrogens (tertiary/aromatic N) is 3. The van der Waals surface area contributed by atoms with Crippen molar-refractivity contribution in [2.24, 2.45) is 0 Å². The third-order valence-electron chi connectivity index (χ3n) is 6.15. The van der Waals surface area contributed by atoms with Gasteiger partial charge in [0, 0.05) is 43.1 Å². The van der Waals surface area contributed by atoms with Crippen LogP contribution in [0.5, 0.6) is 0 Å². The highest BCUT2D eigenvalue weighted by molar-refractivity contribution is 7.98. The number of benzene rings is 2. The summed E-state index contributed by atoms with van der Waals surface area (Å²) in [6.45, 7) is 2.38. The van der Waals surface area contributed by atoms with Crippen LogP contribution in [0.25, 0.3) is 11.0 Å². The highest BCUT2D eigenvalue weighted by Crippen LogP contribution is 2.32. The third kappa shape index (κ3) is 5.08. The molecule has 1 aromatic heterocycles. The van der Waals surface area contributed by atoms with E-state index >= 15 is 0 Å². The van der Waals surface area contributed by atoms with Crippen molar-refractivity contribution < 1.29 is 31.1 Å². The number of hydrogen-bond donors (Lipinski definition) is 0. The average molecular weight is 528 g/mol. The van der Waals surface area contributed by atoms with Crippen molar-refractivity contribution in [3.05, 3.63) is 53.3 Å². The van der Waals surface area contributed by atoms with Gasteiger partial charge in [-0.15, -0.1) is 0 Å². The summed E-state index contributed by atoms with van der Waals surface area (Å²) in [5.74, 6) is -3.01. The van der Waals surface area contributed by atoms with Gasteiger partial charge in [-0.25, -0.2) is 26.6 Å². The topological polar surface area (TPSA) is 73.7 Å². The summed E-state index contributed by atoms with van der Waals surface area (Å²) in [5, 5.41) is 0.472. The van der Waals surface area contributed by atoms with E-state index in [2.05, 4.69) is 4.98 Å². The van der Waals surface area contributed by atoms with Crippen LogP contribution >= 0.6 is 11.8 Å². The Morgan fingerprint density at radius 3 is 2.49 bits per heavy atom. The van der Waals surface area contributed by atoms with Crippen molar-refractivity contribution >= 4 is 32.8 Å². The summed E-state index contributed by atoms with van der Waals surface area (Å²) in [5.41, 5.74) is 0.909. The Kier molecular flexibility index (Phi) is 7.09. The Hall–Kier alpha value is -2.12. The van der Waals surface area contributed by atoms with E-state index in [-0.39, 0.29) is 35.4 Å². The van der Waals surface area contributed by atoms with Crippen molar-refractivity contribution in [1.82, 2.24) is 13.9 Å². The zero-order valence-electron chi connectivity index (χ0n) is 18.8. The number of sulfonamides is 1. The molecule has 5 rings (SSSR count). The van der Waals surface area contributed by atoms with Crippen LogP contribution in [0.4, 0.5) is 13.2 Å². The van der Waals surface area contributed by atoms with Gasteiger partial charge in [0.25, 0.3) is 0 Å². The molecule has 0 amide bonds. The Morgan fingerprint density at radius 2 is 1.80 bits per heavy atom. The van der Waals surface area contributed by atoms with Crippen LogP contribution in [0.1, 0.15) is 18.4 Å². The molecule has 3 aromatic rings. The van der Waals surface area contributed by atoms with E-state index in [4.69, 9.17) is 9.47 Å². The molecular formula is C23H24F3N3O4S2. The number of ether oxygens (including phenoxy) is 2. The first-order chi connectivity index (χ1) is 16.8. The van der Waals surface area contributed by atoms with Crippen molar-refractivity contribution in [3.63, 3.8) is 0 Å². The molecule has 12 heteroatoms. The maximum absolute atomic E-state index is 14.2. The van der Waals surface area contributed by atoms with E-state index in [0.29, 0.717) is 54.7 Å². The van der Waals surface area contributed by atoms with Gasteiger partial charge in [-0.3, -0.25) is 0 Å². The first-order valence-corrected chi connectivity index (χ1v) is 13.7. The van der Waals surface area contributed by atoms with E-state index in [1.807, 2.05) is 4.57 Å². The molecule has 2 aromatic carbocycles. The SMILES string of the molecule is O=S(=O)(c1ccc2c(c1)nc(SCc1c(F)cc(F)cc1F)n2CC1CCCO1)N1CCOCC1. The quantitative estimate of drug-likeness (QED) is 0.434. The zero-order chi connectivity index (χ0) is 24.6. The maximum atomic E-state index is 14.2. The maximum Gasteiger partial charge on any atom is 0.243 e. The van der Waals surface area contributed by atoms with Crippen molar-refractivity contribution in [3.8, 4) is 0 Å². The number of rotatable bonds is 7. The molecule has 0 aliphatic carbocycles. The molecule has 1 atom stereocenters. The number of thioether (sulfide) groups is 1. The second-order valence-electron chi connectivity index (χ2n) is 8.44. The van der Waals surface area contributed by atoms with Crippen LogP contribution < -0.4 is 0 Å². The van der Waals surface area contributed by atoms with Crippen molar-refractivity contribution in [2.75, 3.05) is 32.9 Å². The molecule has 0 spiro atoms. The first kappa shape index (κ1) is 24.6. The highest BCUT2D eigenvalue weighted by atomic mass is 32.2. The molecule has 7 nitrogen and oxygen atoms in total. The molecule has 0 saturated carbocycles. The van der Waals surface area contributed by atoms with Gasteiger partial charge in [0.05, 0.1) is 41.8 Å². The predicted octanol–water partition coefficient (Wildman–Crippen LogP) is 3.95. The van der Waals surface area contributed by atoms with Gasteiger partial charge in [-0.05, 0) is 31.0 Å². The number of fused-ring (bicyclic) bond motifs is 1. The number of halogens is 3. The second kappa shape index (κ2) is 10.1. The second-order valence-corrected chi connectivity index (χ2v) is 11.3. The summed E-state index contributed by atoms with van der Waals surface area (Å²) < 4.78 is 82.2. The fraction of sp³-hybridized carbons (Fsp3) is 0.435. The number of aromatic nitrogens is 2. The predicted molar refractivity (Wildman–Crippen MR) is 124 cm³/mol. The van der Waals surface area contributed by atoms with Crippen LogP contribution in [-0.4, -0.2) is 61.3 Å². The highest BCUT2D eigenvalue weighted by Gasteiger charge is 2.28. The summed E-state index contributed by atoms with van der Waals surface area (Å²) in [6.07, 6.45) is 1.77. The molecule has 2 aliphatic rings. The lowest BCUT2D eigenvalue weighted by Crippen LogP contribution is -2.40. The van der Waals surface area contributed by atoms with Gasteiger partial charge in [0.2, 0.25) is 10.0 Å². The van der Waals surface area contributed by atoms with Gasteiger partial charge in [-0.1, -0.05) is 11.8 Å². The smallest absolute Gasteiger partial charge is 0.243 e. The minimum atomic E-state index is -3.71. The molecule has 2 saturated heterocycles. The fourth-order valence-corrected chi connectivity index (χ4v) is 6.78. The minimum Gasteiger partial charge on any atom is -0.379 e. The standard InChI is InChI=1S/C23H24F3N3O4S2/c24-15-10-19(25)18(20(26)11-15)14-34-23-27-21-12-17(35(30,31)28-5-8-32-9-6-28)3-4-22(21)29(23)13-16-2-1-7-33-16/h3-4,10-12,16H,1-2,5-9,13-14H2. The number of hydrogen-bond acceptors (Lipinski definition) is 6. The van der Waals surface area contributed by atoms with Gasteiger partial charge in [0.15, 0.2) is 5.16 Å². The van der Waals surface area contributed by atoms with Crippen molar-refractivity contribution in [1.29, 1.82) is 0 Å². The normalized spacial score (nSPS) is 19.6. The van der Waals surface area contributed by atoms with E-state index in [0.717, 1.165) is 24.6 Å². The number of imidazole rings is 1. The molecule has 3 heterocycles. The molecule has 2 aliphatic heterocycles.